The molecule has 0 fully saturated rings. The van der Waals surface area contributed by atoms with Crippen LogP contribution in [-0.2, 0) is 26.7 Å². The Morgan fingerprint density at radius 3 is 0.923 bits per heavy atom. The predicted molar refractivity (Wildman–Crippen MR) is 45.6 cm³/mol. The standard InChI is InChI=1S/2C2H4O2.2CH3.2H2O.Zn/c2*1-2(3)4;;;;;/h2*1H3,(H,3,4);2*1H3;2*1H2;. The van der Waals surface area contributed by atoms with Gasteiger partial charge in [0.25, 0.3) is 11.9 Å². The fourth-order valence-electron chi connectivity index (χ4n) is 0. The molecular weight excluding hydrogens is 233 g/mol. The van der Waals surface area contributed by atoms with Crippen LogP contribution in [0.1, 0.15) is 13.8 Å². The predicted octanol–water partition coefficient (Wildman–Crippen LogP) is -0.303. The third-order valence-corrected chi connectivity index (χ3v) is 0. The van der Waals surface area contributed by atoms with Crippen LogP contribution < -0.4 is 0 Å². The molecule has 0 aromatic rings. The molecule has 0 atom stereocenters. The van der Waals surface area contributed by atoms with E-state index < -0.39 is 11.9 Å². The zero-order valence-electron chi connectivity index (χ0n) is 8.42. The van der Waals surface area contributed by atoms with Crippen molar-refractivity contribution in [2.24, 2.45) is 0 Å². The maximum atomic E-state index is 9.00. The molecule has 0 amide bonds. The van der Waals surface area contributed by atoms with Gasteiger partial charge in [-0.2, -0.15) is 0 Å². The molecule has 0 heterocycles. The van der Waals surface area contributed by atoms with Crippen molar-refractivity contribution in [2.45, 2.75) is 24.9 Å². The Labute approximate surface area is 85.2 Å². The van der Waals surface area contributed by atoms with Crippen molar-refractivity contribution in [3.05, 3.63) is 0 Å². The van der Waals surface area contributed by atoms with Gasteiger partial charge in [-0.1, -0.05) is 0 Å². The van der Waals surface area contributed by atoms with E-state index >= 15 is 0 Å². The van der Waals surface area contributed by atoms with Crippen LogP contribution >= 0.6 is 0 Å². The molecule has 0 aliphatic rings. The molecule has 0 aliphatic heterocycles. The average molecular weight is 252 g/mol. The quantitative estimate of drug-likeness (QED) is 0.571. The van der Waals surface area contributed by atoms with E-state index in [2.05, 4.69) is 11.0 Å². The van der Waals surface area contributed by atoms with Crippen LogP contribution in [0.3, 0.4) is 0 Å². The van der Waals surface area contributed by atoms with Crippen LogP contribution in [0.25, 0.3) is 0 Å². The number of hydrogen-bond donors (Lipinski definition) is 2. The molecule has 0 aromatic carbocycles. The number of carbonyl (C=O) groups is 2. The summed E-state index contributed by atoms with van der Waals surface area (Å²) in [5.74, 6) is -1.67. The van der Waals surface area contributed by atoms with Crippen molar-refractivity contribution in [1.29, 1.82) is 0 Å². The van der Waals surface area contributed by atoms with Gasteiger partial charge >= 0.3 is 28.2 Å². The Kier molecular flexibility index (Phi) is 67.9. The van der Waals surface area contributed by atoms with Gasteiger partial charge in [0.1, 0.15) is 0 Å². The summed E-state index contributed by atoms with van der Waals surface area (Å²) in [6.07, 6.45) is 0. The molecule has 0 radical (unpaired) electrons. The van der Waals surface area contributed by atoms with Gasteiger partial charge in [0, 0.05) is 13.8 Å². The molecular formula is C6H18O6Zn. The number of hydrogen-bond acceptors (Lipinski definition) is 2. The number of carboxylic acids is 2. The van der Waals surface area contributed by atoms with Gasteiger partial charge in [-0.05, 0) is 0 Å². The fraction of sp³-hybridized carbons (Fsp3) is 0.667. The van der Waals surface area contributed by atoms with Crippen molar-refractivity contribution >= 4 is 11.9 Å². The summed E-state index contributed by atoms with van der Waals surface area (Å²) in [6, 6.07) is 0. The Morgan fingerprint density at radius 2 is 0.923 bits per heavy atom. The summed E-state index contributed by atoms with van der Waals surface area (Å²) >= 11 is 0.125. The van der Waals surface area contributed by atoms with E-state index in [1.807, 2.05) is 0 Å². The van der Waals surface area contributed by atoms with Crippen LogP contribution in [0, 0.1) is 0 Å². The Bertz CT molecular complexity index is 85.3. The zero-order chi connectivity index (χ0) is 9.86. The number of rotatable bonds is 0. The minimum absolute atomic E-state index is 0. The molecule has 0 aromatic heterocycles. The van der Waals surface area contributed by atoms with Gasteiger partial charge in [0.15, 0.2) is 0 Å². The molecule has 6 N–H and O–H groups in total. The second kappa shape index (κ2) is 30.0. The van der Waals surface area contributed by atoms with E-state index in [0.29, 0.717) is 0 Å². The second-order valence-electron chi connectivity index (χ2n) is 1.75. The van der Waals surface area contributed by atoms with Crippen LogP contribution in [0.15, 0.2) is 0 Å². The number of aliphatic carboxylic acids is 2. The van der Waals surface area contributed by atoms with E-state index in [1.165, 1.54) is 0 Å². The first kappa shape index (κ1) is 29.4. The first-order valence-corrected chi connectivity index (χ1v) is 9.20. The van der Waals surface area contributed by atoms with Gasteiger partial charge in [-0.15, -0.1) is 0 Å². The maximum absolute atomic E-state index is 9.00. The van der Waals surface area contributed by atoms with Crippen LogP contribution in [-0.4, -0.2) is 33.1 Å². The molecule has 0 saturated heterocycles. The van der Waals surface area contributed by atoms with Gasteiger partial charge in [0.2, 0.25) is 0 Å². The third kappa shape index (κ3) is 3870. The number of carboxylic acid groups (broad SMARTS) is 2. The van der Waals surface area contributed by atoms with Crippen LogP contribution in [0.5, 0.6) is 0 Å². The third-order valence-electron chi connectivity index (χ3n) is 0. The normalized spacial score (nSPS) is 4.62. The first-order chi connectivity index (χ1) is 4.88. The van der Waals surface area contributed by atoms with Gasteiger partial charge in [-0.3, -0.25) is 9.59 Å². The van der Waals surface area contributed by atoms with Crippen molar-refractivity contribution < 1.29 is 47.9 Å². The minimum atomic E-state index is -0.833. The fourth-order valence-corrected chi connectivity index (χ4v) is 0. The van der Waals surface area contributed by atoms with E-state index in [0.717, 1.165) is 13.8 Å². The second-order valence-corrected chi connectivity index (χ2v) is 4.71. The SMILES string of the molecule is CC(=O)O.CC(=O)O.O.O.[CH3][Zn][CH3]. The van der Waals surface area contributed by atoms with Gasteiger partial charge in [-0.25, -0.2) is 0 Å². The zero-order valence-corrected chi connectivity index (χ0v) is 11.4. The van der Waals surface area contributed by atoms with Gasteiger partial charge < -0.3 is 21.2 Å². The van der Waals surface area contributed by atoms with E-state index in [9.17, 15) is 0 Å². The van der Waals surface area contributed by atoms with Crippen molar-refractivity contribution in [3.63, 3.8) is 0 Å². The molecule has 13 heavy (non-hydrogen) atoms. The van der Waals surface area contributed by atoms with E-state index in [4.69, 9.17) is 19.8 Å². The molecule has 0 unspecified atom stereocenters. The van der Waals surface area contributed by atoms with Crippen molar-refractivity contribution in [3.8, 4) is 0 Å². The molecule has 0 rings (SSSR count). The molecule has 0 saturated carbocycles. The molecule has 7 heteroatoms. The Balaban J connectivity index is -0.0000000231. The first-order valence-electron chi connectivity index (χ1n) is 3.27. The van der Waals surface area contributed by atoms with Crippen LogP contribution in [0.4, 0.5) is 0 Å². The van der Waals surface area contributed by atoms with Crippen molar-refractivity contribution in [1.82, 2.24) is 0 Å². The summed E-state index contributed by atoms with van der Waals surface area (Å²) in [5, 5.41) is 14.8. The Morgan fingerprint density at radius 1 is 0.923 bits per heavy atom. The van der Waals surface area contributed by atoms with E-state index in [-0.39, 0.29) is 28.1 Å². The van der Waals surface area contributed by atoms with Crippen LogP contribution in [0.2, 0.25) is 11.0 Å². The summed E-state index contributed by atoms with van der Waals surface area (Å²) in [5.41, 5.74) is 4.62. The van der Waals surface area contributed by atoms with E-state index in [1.54, 1.807) is 0 Å². The molecule has 6 nitrogen and oxygen atoms in total. The summed E-state index contributed by atoms with van der Waals surface area (Å²) in [7, 11) is 0. The molecule has 80 valence electrons. The average Bonchev–Trinajstić information content (AvgIpc) is 1.60. The summed E-state index contributed by atoms with van der Waals surface area (Å²) < 4.78 is 0. The summed E-state index contributed by atoms with van der Waals surface area (Å²) in [4.78, 5) is 18.0. The van der Waals surface area contributed by atoms with Gasteiger partial charge in [0.05, 0.1) is 0 Å². The monoisotopic (exact) mass is 250 g/mol. The van der Waals surface area contributed by atoms with Crippen molar-refractivity contribution in [2.75, 3.05) is 0 Å². The summed E-state index contributed by atoms with van der Waals surface area (Å²) in [6.45, 7) is 2.17. The molecule has 0 bridgehead atoms. The molecule has 0 spiro atoms. The topological polar surface area (TPSA) is 138 Å². The Hall–Kier alpha value is -0.517. The molecule has 0 aliphatic carbocycles.